The van der Waals surface area contributed by atoms with Crippen LogP contribution in [0.4, 0.5) is 0 Å². The van der Waals surface area contributed by atoms with Crippen LogP contribution in [0.1, 0.15) is 25.0 Å². The summed E-state index contributed by atoms with van der Waals surface area (Å²) in [6.45, 7) is 4.64. The van der Waals surface area contributed by atoms with Gasteiger partial charge >= 0.3 is 0 Å². The van der Waals surface area contributed by atoms with Crippen molar-refractivity contribution in [2.45, 2.75) is 19.3 Å². The molecule has 0 saturated carbocycles. The van der Waals surface area contributed by atoms with Crippen molar-refractivity contribution in [3.8, 4) is 168 Å². The number of benzene rings is 17. The van der Waals surface area contributed by atoms with Crippen LogP contribution < -0.4 is 0 Å². The number of para-hydroxylation sites is 1. The van der Waals surface area contributed by atoms with Gasteiger partial charge in [-0.3, -0.25) is 15.0 Å². The number of fused-ring (bicyclic) bond motifs is 18. The van der Waals surface area contributed by atoms with Crippen molar-refractivity contribution in [1.29, 1.82) is 0 Å². The molecule has 11 aromatic heterocycles. The highest BCUT2D eigenvalue weighted by Crippen LogP contribution is 2.51. The van der Waals surface area contributed by atoms with Gasteiger partial charge in [-0.15, -0.1) is 45.3 Å². The highest BCUT2D eigenvalue weighted by atomic mass is 32.1. The summed E-state index contributed by atoms with van der Waals surface area (Å²) >= 11 is 7.34. The SMILES string of the molecule is CC1(C)c2ccccc2-c2ccc(-c3cc(-c4ccc5sc6ccccc6c5c4)nc(-c4ccc(-c5cccnc5)cc4)n3)cc21.c1cncc(-c2ccc(-c3nc(-c4ccc(-c5ccc6c(c5)oc5ccccc56)cc4)cc(-c4ccc5sc6ccccc6c5c4)n3)cc2)c1.c1cncc(-c2ccc(-c3nc(-c4ccc(-c5ccc6c(c5)sc5ccccc56)cc4)cc(-c4ccc5sc6ccccc6c5c4)n3)cc2)c1. The highest BCUT2D eigenvalue weighted by Gasteiger charge is 2.36. The Balaban J connectivity index is 0.000000109. The minimum Gasteiger partial charge on any atom is -0.456 e. The first-order valence-corrected chi connectivity index (χ1v) is 52.0. The van der Waals surface area contributed by atoms with Crippen LogP contribution >= 0.6 is 45.3 Å². The minimum absolute atomic E-state index is 0.0895. The summed E-state index contributed by atoms with van der Waals surface area (Å²) in [6.07, 6.45) is 11.0. The monoisotopic (exact) mass is 1940 g/mol. The van der Waals surface area contributed by atoms with Gasteiger partial charge in [0.15, 0.2) is 17.5 Å². The summed E-state index contributed by atoms with van der Waals surface area (Å²) in [4.78, 5) is 43.9. The molecule has 1 aliphatic carbocycles. The van der Waals surface area contributed by atoms with Gasteiger partial charge < -0.3 is 4.42 Å². The number of aromatic nitrogens is 9. The van der Waals surface area contributed by atoms with E-state index in [-0.39, 0.29) is 5.41 Å². The lowest BCUT2D eigenvalue weighted by Crippen LogP contribution is -2.14. The zero-order valence-corrected chi connectivity index (χ0v) is 82.3. The van der Waals surface area contributed by atoms with Crippen molar-refractivity contribution < 1.29 is 4.42 Å². The summed E-state index contributed by atoms with van der Waals surface area (Å²) in [5.74, 6) is 2.10. The Morgan fingerprint density at radius 3 is 0.884 bits per heavy atom. The lowest BCUT2D eigenvalue weighted by molar-refractivity contribution is 0.660. The average molecular weight is 1940 g/mol. The lowest BCUT2D eigenvalue weighted by Gasteiger charge is -2.22. The van der Waals surface area contributed by atoms with Crippen LogP contribution in [-0.2, 0) is 5.41 Å². The molecule has 28 aromatic rings. The molecule has 14 heteroatoms. The maximum Gasteiger partial charge on any atom is 0.160 e. The van der Waals surface area contributed by atoms with Gasteiger partial charge in [0.05, 0.1) is 34.2 Å². The van der Waals surface area contributed by atoms with Gasteiger partial charge in [0.1, 0.15) is 11.2 Å². The standard InChI is InChI=1S/C45H27N3OS.C45H27N3S2.C42H29N3S/c1-3-9-41-35(7-1)36-21-19-32(25-42(36)49-41)28-11-15-30(16-12-28)39-26-40(33-20-22-44-38(24-33)37-8-2-4-10-43(37)50-44)48-45(47-39)31-17-13-29(14-18-31)34-6-5-23-46-27-34;1-3-9-41-35(7-1)37-21-19-32(25-44(37)50-41)28-11-15-30(16-12-28)39-26-40(33-20-22-43-38(24-33)36-8-2-4-10-42(36)49-43)48-45(47-39)31-17-13-29(14-18-31)34-6-5-23-46-27-34;1-42(2)35-11-5-3-9-31(35)32-19-17-29(23-36(32)42)38-24-37(28-18-20-40-34(22-28)33-10-4-6-12-39(33)46-40)44-41(45-38)27-15-13-26(14-16-27)30-8-7-21-43-25-30/h2*1-27H;3-25H,1-2H3. The van der Waals surface area contributed by atoms with Crippen molar-refractivity contribution in [2.24, 2.45) is 0 Å². The number of hydrogen-bond acceptors (Lipinski definition) is 14. The molecule has 0 radical (unpaired) electrons. The molecule has 0 aliphatic heterocycles. The van der Waals surface area contributed by atoms with E-state index in [0.717, 1.165) is 151 Å². The van der Waals surface area contributed by atoms with E-state index in [1.54, 1.807) is 18.6 Å². The predicted octanol–water partition coefficient (Wildman–Crippen LogP) is 36.6. The molecule has 146 heavy (non-hydrogen) atoms. The molecular formula is C132H83N9OS4. The maximum atomic E-state index is 6.18. The quantitative estimate of drug-likeness (QED) is 0.104. The Kier molecular flexibility index (Phi) is 21.8. The zero-order chi connectivity index (χ0) is 96.9. The fraction of sp³-hybridized carbons (Fsp3) is 0.0227. The zero-order valence-electron chi connectivity index (χ0n) is 79.0. The fourth-order valence-corrected chi connectivity index (χ4v) is 25.1. The Morgan fingerprint density at radius 1 is 0.178 bits per heavy atom. The van der Waals surface area contributed by atoms with Gasteiger partial charge in [-0.2, -0.15) is 0 Å². The Bertz CT molecular complexity index is 9560. The third-order valence-corrected chi connectivity index (χ3v) is 32.9. The van der Waals surface area contributed by atoms with Crippen molar-refractivity contribution in [3.05, 3.63) is 479 Å². The molecule has 29 rings (SSSR count). The third-order valence-electron chi connectivity index (χ3n) is 28.3. The molecule has 686 valence electrons. The summed E-state index contributed by atoms with van der Waals surface area (Å²) in [5.41, 5.74) is 32.9. The summed E-state index contributed by atoms with van der Waals surface area (Å²) in [5, 5.41) is 12.5. The largest absolute Gasteiger partial charge is 0.456 e. The van der Waals surface area contributed by atoms with E-state index in [9.17, 15) is 0 Å². The fourth-order valence-electron chi connectivity index (χ4n) is 20.6. The van der Waals surface area contributed by atoms with E-state index in [1.165, 1.54) is 114 Å². The van der Waals surface area contributed by atoms with Crippen LogP contribution in [0.5, 0.6) is 0 Å². The molecule has 0 atom stereocenters. The van der Waals surface area contributed by atoms with E-state index in [0.29, 0.717) is 17.5 Å². The van der Waals surface area contributed by atoms with Gasteiger partial charge in [-0.05, 0) is 205 Å². The van der Waals surface area contributed by atoms with Crippen LogP contribution in [0.3, 0.4) is 0 Å². The average Bonchev–Trinajstić information content (AvgIpc) is 1.57. The second-order valence-corrected chi connectivity index (χ2v) is 41.8. The first-order chi connectivity index (χ1) is 72.0. The van der Waals surface area contributed by atoms with Crippen molar-refractivity contribution in [1.82, 2.24) is 44.9 Å². The van der Waals surface area contributed by atoms with Crippen LogP contribution in [0.25, 0.3) is 271 Å². The molecule has 11 heterocycles. The molecule has 17 aromatic carbocycles. The second-order valence-electron chi connectivity index (χ2n) is 37.5. The number of hydrogen-bond donors (Lipinski definition) is 0. The normalized spacial score (nSPS) is 12.1. The van der Waals surface area contributed by atoms with E-state index < -0.39 is 0 Å². The van der Waals surface area contributed by atoms with Crippen LogP contribution in [0.2, 0.25) is 0 Å². The molecular weight excluding hydrogens is 1860 g/mol. The topological polar surface area (TPSA) is 129 Å². The molecule has 0 bridgehead atoms. The molecule has 0 unspecified atom stereocenters. The number of pyridine rings is 3. The molecule has 0 spiro atoms. The Morgan fingerprint density at radius 2 is 0.466 bits per heavy atom. The molecule has 0 fully saturated rings. The Hall–Kier alpha value is -17.9. The van der Waals surface area contributed by atoms with Crippen molar-refractivity contribution in [3.63, 3.8) is 0 Å². The van der Waals surface area contributed by atoms with E-state index in [4.69, 9.17) is 34.3 Å². The first kappa shape index (κ1) is 87.2. The highest BCUT2D eigenvalue weighted by molar-refractivity contribution is 7.27. The number of thiophene rings is 4. The van der Waals surface area contributed by atoms with Crippen LogP contribution in [0.15, 0.2) is 472 Å². The molecule has 1 aliphatic rings. The van der Waals surface area contributed by atoms with Gasteiger partial charge in [-0.1, -0.05) is 317 Å². The predicted molar refractivity (Wildman–Crippen MR) is 612 cm³/mol. The summed E-state index contributed by atoms with van der Waals surface area (Å²) in [6, 6.07) is 153. The minimum atomic E-state index is -0.0895. The molecule has 0 saturated heterocycles. The van der Waals surface area contributed by atoms with Crippen molar-refractivity contribution >= 4 is 148 Å². The smallest absolute Gasteiger partial charge is 0.160 e. The van der Waals surface area contributed by atoms with Gasteiger partial charge in [0.2, 0.25) is 0 Å². The lowest BCUT2D eigenvalue weighted by atomic mass is 9.82. The van der Waals surface area contributed by atoms with Crippen LogP contribution in [0, 0.1) is 0 Å². The third kappa shape index (κ3) is 16.3. The number of furan rings is 1. The van der Waals surface area contributed by atoms with E-state index >= 15 is 0 Å². The van der Waals surface area contributed by atoms with E-state index in [2.05, 4.69) is 423 Å². The molecule has 0 N–H and O–H groups in total. The Labute approximate surface area is 857 Å². The number of rotatable bonds is 14. The van der Waals surface area contributed by atoms with E-state index in [1.807, 2.05) is 100 Å². The van der Waals surface area contributed by atoms with Gasteiger partial charge in [0.25, 0.3) is 0 Å². The van der Waals surface area contributed by atoms with Gasteiger partial charge in [-0.25, -0.2) is 29.9 Å². The first-order valence-electron chi connectivity index (χ1n) is 48.7. The second kappa shape index (κ2) is 36.6. The maximum absolute atomic E-state index is 6.18. The van der Waals surface area contributed by atoms with Crippen molar-refractivity contribution in [2.75, 3.05) is 0 Å². The molecule has 0 amide bonds. The summed E-state index contributed by atoms with van der Waals surface area (Å²) < 4.78 is 16.5. The molecule has 10 nitrogen and oxygen atoms in total. The summed E-state index contributed by atoms with van der Waals surface area (Å²) in [7, 11) is 0. The van der Waals surface area contributed by atoms with Crippen LogP contribution in [-0.4, -0.2) is 44.9 Å². The van der Waals surface area contributed by atoms with Gasteiger partial charge in [0, 0.05) is 184 Å². The number of nitrogens with zero attached hydrogens (tertiary/aromatic N) is 9.